The van der Waals surface area contributed by atoms with Gasteiger partial charge in [-0.05, 0) is 59.8 Å². The zero-order chi connectivity index (χ0) is 10.8. The van der Waals surface area contributed by atoms with Crippen molar-refractivity contribution >= 4 is 15.9 Å². The monoisotopic (exact) mass is 270 g/mol. The summed E-state index contributed by atoms with van der Waals surface area (Å²) in [4.78, 5) is 0. The van der Waals surface area contributed by atoms with Gasteiger partial charge in [0, 0.05) is 0 Å². The third-order valence-electron chi connectivity index (χ3n) is 2.78. The summed E-state index contributed by atoms with van der Waals surface area (Å²) < 4.78 is 6.71. The summed E-state index contributed by atoms with van der Waals surface area (Å²) in [5.74, 6) is 0.879. The van der Waals surface area contributed by atoms with Crippen LogP contribution in [-0.4, -0.2) is 11.2 Å². The van der Waals surface area contributed by atoms with E-state index in [0.717, 1.165) is 28.6 Å². The summed E-state index contributed by atoms with van der Waals surface area (Å²) in [6.07, 6.45) is 3.54. The van der Waals surface area contributed by atoms with Crippen LogP contribution in [0.5, 0.6) is 5.75 Å². The second-order valence-electron chi connectivity index (χ2n) is 4.04. The molecule has 15 heavy (non-hydrogen) atoms. The summed E-state index contributed by atoms with van der Waals surface area (Å²) >= 11 is 3.46. The minimum Gasteiger partial charge on any atom is -0.489 e. The molecule has 0 aliphatic heterocycles. The van der Waals surface area contributed by atoms with Crippen molar-refractivity contribution in [3.05, 3.63) is 28.2 Å². The second kappa shape index (κ2) is 4.54. The molecule has 0 bridgehead atoms. The molecule has 0 heterocycles. The van der Waals surface area contributed by atoms with Crippen molar-refractivity contribution in [3.8, 4) is 5.75 Å². The number of ether oxygens (including phenoxy) is 1. The molecule has 1 aromatic carbocycles. The van der Waals surface area contributed by atoms with Gasteiger partial charge in [0.15, 0.2) is 0 Å². The molecule has 0 saturated heterocycles. The number of halogens is 1. The molecule has 1 aromatic rings. The SMILES string of the molecule is CC(O)c1ccc(OC2CCC2)c(Br)c1. The van der Waals surface area contributed by atoms with Gasteiger partial charge in [-0.1, -0.05) is 6.07 Å². The third-order valence-corrected chi connectivity index (χ3v) is 3.40. The lowest BCUT2D eigenvalue weighted by molar-refractivity contribution is 0.119. The van der Waals surface area contributed by atoms with Crippen LogP contribution >= 0.6 is 15.9 Å². The highest BCUT2D eigenvalue weighted by Crippen LogP contribution is 2.32. The van der Waals surface area contributed by atoms with E-state index < -0.39 is 6.10 Å². The van der Waals surface area contributed by atoms with Crippen LogP contribution in [0.25, 0.3) is 0 Å². The minimum absolute atomic E-state index is 0.388. The van der Waals surface area contributed by atoms with Gasteiger partial charge in [-0.15, -0.1) is 0 Å². The molecule has 1 fully saturated rings. The van der Waals surface area contributed by atoms with E-state index in [9.17, 15) is 5.11 Å². The van der Waals surface area contributed by atoms with Crippen molar-refractivity contribution < 1.29 is 9.84 Å². The fourth-order valence-corrected chi connectivity index (χ4v) is 2.03. The molecule has 0 aromatic heterocycles. The Balaban J connectivity index is 2.11. The van der Waals surface area contributed by atoms with Gasteiger partial charge in [0.1, 0.15) is 5.75 Å². The summed E-state index contributed by atoms with van der Waals surface area (Å²) in [7, 11) is 0. The van der Waals surface area contributed by atoms with Gasteiger partial charge in [-0.25, -0.2) is 0 Å². The minimum atomic E-state index is -0.431. The maximum absolute atomic E-state index is 9.42. The lowest BCUT2D eigenvalue weighted by atomic mass is 9.96. The van der Waals surface area contributed by atoms with Crippen LogP contribution in [0.4, 0.5) is 0 Å². The van der Waals surface area contributed by atoms with Crippen LogP contribution in [0.15, 0.2) is 22.7 Å². The van der Waals surface area contributed by atoms with Gasteiger partial charge < -0.3 is 9.84 Å². The molecule has 82 valence electrons. The first kappa shape index (κ1) is 11.0. The first-order chi connectivity index (χ1) is 7.16. The highest BCUT2D eigenvalue weighted by molar-refractivity contribution is 9.10. The molecule has 2 rings (SSSR count). The molecule has 0 amide bonds. The molecule has 1 aliphatic carbocycles. The van der Waals surface area contributed by atoms with E-state index in [0.29, 0.717) is 6.10 Å². The Kier molecular flexibility index (Phi) is 3.32. The molecule has 1 unspecified atom stereocenters. The Morgan fingerprint density at radius 3 is 2.67 bits per heavy atom. The van der Waals surface area contributed by atoms with Gasteiger partial charge in [0.05, 0.1) is 16.7 Å². The Bertz CT molecular complexity index is 345. The van der Waals surface area contributed by atoms with Gasteiger partial charge in [-0.3, -0.25) is 0 Å². The molecule has 1 N–H and O–H groups in total. The fraction of sp³-hybridized carbons (Fsp3) is 0.500. The van der Waals surface area contributed by atoms with E-state index >= 15 is 0 Å². The molecule has 0 radical (unpaired) electrons. The van der Waals surface area contributed by atoms with Crippen LogP contribution in [0, 0.1) is 0 Å². The van der Waals surface area contributed by atoms with Gasteiger partial charge >= 0.3 is 0 Å². The lowest BCUT2D eigenvalue weighted by Crippen LogP contribution is -2.24. The first-order valence-electron chi connectivity index (χ1n) is 5.31. The standard InChI is InChI=1S/C12H15BrO2/c1-8(14)9-5-6-12(11(13)7-9)15-10-3-2-4-10/h5-8,10,14H,2-4H2,1H3. The number of rotatable bonds is 3. The average Bonchev–Trinajstić information content (AvgIpc) is 2.12. The van der Waals surface area contributed by atoms with Crippen molar-refractivity contribution in [2.75, 3.05) is 0 Å². The number of benzene rings is 1. The molecule has 2 nitrogen and oxygen atoms in total. The van der Waals surface area contributed by atoms with E-state index in [1.54, 1.807) is 6.92 Å². The average molecular weight is 271 g/mol. The molecular formula is C12H15BrO2. The fourth-order valence-electron chi connectivity index (χ4n) is 1.54. The highest BCUT2D eigenvalue weighted by atomic mass is 79.9. The summed E-state index contributed by atoms with van der Waals surface area (Å²) in [6, 6.07) is 5.74. The van der Waals surface area contributed by atoms with Crippen molar-refractivity contribution in [3.63, 3.8) is 0 Å². The van der Waals surface area contributed by atoms with Crippen LogP contribution in [0.3, 0.4) is 0 Å². The van der Waals surface area contributed by atoms with Crippen LogP contribution in [0.2, 0.25) is 0 Å². The topological polar surface area (TPSA) is 29.5 Å². The first-order valence-corrected chi connectivity index (χ1v) is 6.10. The van der Waals surface area contributed by atoms with Crippen molar-refractivity contribution in [1.29, 1.82) is 0 Å². The van der Waals surface area contributed by atoms with Gasteiger partial charge in [-0.2, -0.15) is 0 Å². The van der Waals surface area contributed by atoms with Crippen molar-refractivity contribution in [1.82, 2.24) is 0 Å². The summed E-state index contributed by atoms with van der Waals surface area (Å²) in [6.45, 7) is 1.76. The Hall–Kier alpha value is -0.540. The Morgan fingerprint density at radius 2 is 2.20 bits per heavy atom. The third kappa shape index (κ3) is 2.52. The molecule has 3 heteroatoms. The number of aliphatic hydroxyl groups excluding tert-OH is 1. The molecule has 1 atom stereocenters. The van der Waals surface area contributed by atoms with E-state index in [1.807, 2.05) is 18.2 Å². The zero-order valence-corrected chi connectivity index (χ0v) is 10.3. The highest BCUT2D eigenvalue weighted by Gasteiger charge is 2.20. The Labute approximate surface area is 98.4 Å². The largest absolute Gasteiger partial charge is 0.489 e. The second-order valence-corrected chi connectivity index (χ2v) is 4.89. The van der Waals surface area contributed by atoms with E-state index in [2.05, 4.69) is 15.9 Å². The molecule has 1 aliphatic rings. The van der Waals surface area contributed by atoms with Crippen molar-refractivity contribution in [2.45, 2.75) is 38.4 Å². The predicted molar refractivity (Wildman–Crippen MR) is 63.0 cm³/mol. The van der Waals surface area contributed by atoms with Gasteiger partial charge in [0.25, 0.3) is 0 Å². The van der Waals surface area contributed by atoms with E-state index in [-0.39, 0.29) is 0 Å². The molecule has 1 saturated carbocycles. The molecular weight excluding hydrogens is 256 g/mol. The van der Waals surface area contributed by atoms with Crippen molar-refractivity contribution in [2.24, 2.45) is 0 Å². The van der Waals surface area contributed by atoms with E-state index in [4.69, 9.17) is 4.74 Å². The van der Waals surface area contributed by atoms with Gasteiger partial charge in [0.2, 0.25) is 0 Å². The van der Waals surface area contributed by atoms with Crippen LogP contribution < -0.4 is 4.74 Å². The lowest BCUT2D eigenvalue weighted by Gasteiger charge is -2.27. The zero-order valence-electron chi connectivity index (χ0n) is 8.74. The van der Waals surface area contributed by atoms with E-state index in [1.165, 1.54) is 6.42 Å². The number of hydrogen-bond donors (Lipinski definition) is 1. The Morgan fingerprint density at radius 1 is 1.47 bits per heavy atom. The van der Waals surface area contributed by atoms with Crippen LogP contribution in [0.1, 0.15) is 37.9 Å². The molecule has 0 spiro atoms. The summed E-state index contributed by atoms with van der Waals surface area (Å²) in [5.41, 5.74) is 0.905. The predicted octanol–water partition coefficient (Wildman–Crippen LogP) is 3.43. The number of aliphatic hydroxyl groups is 1. The maximum atomic E-state index is 9.42. The smallest absolute Gasteiger partial charge is 0.133 e. The summed E-state index contributed by atoms with van der Waals surface area (Å²) in [5, 5.41) is 9.42. The maximum Gasteiger partial charge on any atom is 0.133 e. The quantitative estimate of drug-likeness (QED) is 0.912. The normalized spacial score (nSPS) is 18.3. The number of hydrogen-bond acceptors (Lipinski definition) is 2. The van der Waals surface area contributed by atoms with Crippen LogP contribution in [-0.2, 0) is 0 Å².